The fraction of sp³-hybridized carbons (Fsp3) is 0.394. The fourth-order valence-electron chi connectivity index (χ4n) is 5.79. The molecule has 1 heterocycles. The van der Waals surface area contributed by atoms with E-state index >= 15 is 0 Å². The second kappa shape index (κ2) is 14.1. The van der Waals surface area contributed by atoms with Crippen LogP contribution in [0.1, 0.15) is 39.9 Å². The molecule has 0 spiro atoms. The molecule has 1 aliphatic rings. The zero-order chi connectivity index (χ0) is 30.3. The number of ether oxygens (including phenoxy) is 1. The van der Waals surface area contributed by atoms with E-state index in [0.717, 1.165) is 42.3 Å². The highest BCUT2D eigenvalue weighted by molar-refractivity contribution is 7.90. The van der Waals surface area contributed by atoms with Crippen LogP contribution in [0.15, 0.2) is 72.8 Å². The lowest BCUT2D eigenvalue weighted by Crippen LogP contribution is -2.42. The number of hydrogen-bond donors (Lipinski definition) is 2. The molecule has 0 radical (unpaired) electrons. The van der Waals surface area contributed by atoms with E-state index < -0.39 is 27.8 Å². The molecule has 1 fully saturated rings. The van der Waals surface area contributed by atoms with Gasteiger partial charge in [0, 0.05) is 38.1 Å². The van der Waals surface area contributed by atoms with Crippen molar-refractivity contribution >= 4 is 21.7 Å². The molecule has 3 atom stereocenters. The SMILES string of the molecule is COC[C@H]1C[C@H](Cc2ccccc2)CN1Cc1ccc(C(=O)N[C@@H](CCS(C)(=O)=O)C(=O)O)c(-c2ccccc2C)c1. The highest BCUT2D eigenvalue weighted by atomic mass is 32.2. The van der Waals surface area contributed by atoms with Crippen molar-refractivity contribution in [2.75, 3.05) is 32.3 Å². The molecule has 3 aromatic carbocycles. The van der Waals surface area contributed by atoms with Crippen LogP contribution in [0.5, 0.6) is 0 Å². The van der Waals surface area contributed by atoms with Gasteiger partial charge in [0.15, 0.2) is 0 Å². The molecular formula is C33H40N2O6S. The summed E-state index contributed by atoms with van der Waals surface area (Å²) in [7, 11) is -1.66. The predicted molar refractivity (Wildman–Crippen MR) is 164 cm³/mol. The number of aryl methyl sites for hydroxylation is 1. The summed E-state index contributed by atoms with van der Waals surface area (Å²) in [5.74, 6) is -1.66. The molecule has 1 saturated heterocycles. The van der Waals surface area contributed by atoms with Gasteiger partial charge in [0.25, 0.3) is 5.91 Å². The Kier molecular flexibility index (Phi) is 10.5. The molecular weight excluding hydrogens is 552 g/mol. The van der Waals surface area contributed by atoms with Gasteiger partial charge in [-0.25, -0.2) is 13.2 Å². The highest BCUT2D eigenvalue weighted by Crippen LogP contribution is 2.32. The van der Waals surface area contributed by atoms with Gasteiger partial charge in [0.2, 0.25) is 0 Å². The third-order valence-corrected chi connectivity index (χ3v) is 8.85. The van der Waals surface area contributed by atoms with Gasteiger partial charge < -0.3 is 15.2 Å². The average Bonchev–Trinajstić information content (AvgIpc) is 3.31. The van der Waals surface area contributed by atoms with Crippen molar-refractivity contribution in [1.82, 2.24) is 10.2 Å². The minimum atomic E-state index is -3.39. The minimum Gasteiger partial charge on any atom is -0.480 e. The number of rotatable bonds is 13. The number of carboxylic acid groups (broad SMARTS) is 1. The van der Waals surface area contributed by atoms with Crippen LogP contribution in [0.4, 0.5) is 0 Å². The number of carbonyl (C=O) groups excluding carboxylic acids is 1. The van der Waals surface area contributed by atoms with E-state index in [0.29, 0.717) is 30.2 Å². The van der Waals surface area contributed by atoms with Crippen LogP contribution in [-0.2, 0) is 32.3 Å². The number of methoxy groups -OCH3 is 1. The monoisotopic (exact) mass is 592 g/mol. The van der Waals surface area contributed by atoms with Crippen LogP contribution >= 0.6 is 0 Å². The molecule has 1 amide bonds. The number of nitrogens with one attached hydrogen (secondary N) is 1. The number of carboxylic acids is 1. The predicted octanol–water partition coefficient (Wildman–Crippen LogP) is 4.36. The van der Waals surface area contributed by atoms with Gasteiger partial charge in [-0.3, -0.25) is 9.69 Å². The number of carbonyl (C=O) groups is 2. The zero-order valence-electron chi connectivity index (χ0n) is 24.5. The lowest BCUT2D eigenvalue weighted by Gasteiger charge is -2.24. The van der Waals surface area contributed by atoms with Crippen LogP contribution in [0.25, 0.3) is 11.1 Å². The molecule has 224 valence electrons. The molecule has 0 aromatic heterocycles. The number of hydrogen-bond acceptors (Lipinski definition) is 6. The topological polar surface area (TPSA) is 113 Å². The van der Waals surface area contributed by atoms with Gasteiger partial charge in [0.05, 0.1) is 12.4 Å². The zero-order valence-corrected chi connectivity index (χ0v) is 25.3. The van der Waals surface area contributed by atoms with E-state index in [2.05, 4.69) is 34.5 Å². The van der Waals surface area contributed by atoms with Gasteiger partial charge in [-0.05, 0) is 72.1 Å². The number of nitrogens with zero attached hydrogens (tertiary/aromatic N) is 1. The smallest absolute Gasteiger partial charge is 0.326 e. The Morgan fingerprint density at radius 1 is 1.02 bits per heavy atom. The van der Waals surface area contributed by atoms with Crippen LogP contribution < -0.4 is 5.32 Å². The fourth-order valence-corrected chi connectivity index (χ4v) is 6.45. The second-order valence-electron chi connectivity index (χ2n) is 11.3. The van der Waals surface area contributed by atoms with E-state index in [4.69, 9.17) is 4.74 Å². The van der Waals surface area contributed by atoms with E-state index in [1.165, 1.54) is 5.56 Å². The van der Waals surface area contributed by atoms with Crippen LogP contribution in [0.3, 0.4) is 0 Å². The molecule has 8 nitrogen and oxygen atoms in total. The van der Waals surface area contributed by atoms with Crippen LogP contribution in [0.2, 0.25) is 0 Å². The maximum atomic E-state index is 13.4. The van der Waals surface area contributed by atoms with Crippen molar-refractivity contribution in [1.29, 1.82) is 0 Å². The first-order chi connectivity index (χ1) is 20.0. The summed E-state index contributed by atoms with van der Waals surface area (Å²) < 4.78 is 28.8. The number of amides is 1. The molecule has 0 bridgehead atoms. The molecule has 0 saturated carbocycles. The molecule has 42 heavy (non-hydrogen) atoms. The first-order valence-corrected chi connectivity index (χ1v) is 16.3. The quantitative estimate of drug-likeness (QED) is 0.303. The van der Waals surface area contributed by atoms with Gasteiger partial charge in [-0.2, -0.15) is 0 Å². The molecule has 0 unspecified atom stereocenters. The molecule has 0 aliphatic carbocycles. The minimum absolute atomic E-state index is 0.211. The highest BCUT2D eigenvalue weighted by Gasteiger charge is 2.32. The number of benzene rings is 3. The normalized spacial score (nSPS) is 18.1. The molecule has 2 N–H and O–H groups in total. The third kappa shape index (κ3) is 8.50. The van der Waals surface area contributed by atoms with Crippen molar-refractivity contribution in [3.63, 3.8) is 0 Å². The molecule has 3 aromatic rings. The number of likely N-dealkylation sites (tertiary alicyclic amines) is 1. The Balaban J connectivity index is 1.60. The summed E-state index contributed by atoms with van der Waals surface area (Å²) in [6, 6.07) is 22.9. The van der Waals surface area contributed by atoms with Gasteiger partial charge in [-0.1, -0.05) is 60.7 Å². The summed E-state index contributed by atoms with van der Waals surface area (Å²) in [6.07, 6.45) is 2.88. The molecule has 9 heteroatoms. The average molecular weight is 593 g/mol. The maximum absolute atomic E-state index is 13.4. The Labute approximate surface area is 248 Å². The summed E-state index contributed by atoms with van der Waals surface area (Å²) in [5, 5.41) is 12.2. The Bertz CT molecular complexity index is 1490. The van der Waals surface area contributed by atoms with E-state index in [9.17, 15) is 23.1 Å². The lowest BCUT2D eigenvalue weighted by molar-refractivity contribution is -0.139. The molecule has 4 rings (SSSR count). The van der Waals surface area contributed by atoms with E-state index in [1.54, 1.807) is 13.2 Å². The largest absolute Gasteiger partial charge is 0.480 e. The first kappa shape index (κ1) is 31.4. The van der Waals surface area contributed by atoms with Crippen LogP contribution in [0, 0.1) is 12.8 Å². The Morgan fingerprint density at radius 2 is 1.74 bits per heavy atom. The van der Waals surface area contributed by atoms with Crippen molar-refractivity contribution in [2.24, 2.45) is 5.92 Å². The van der Waals surface area contributed by atoms with Crippen molar-refractivity contribution in [2.45, 2.75) is 44.8 Å². The van der Waals surface area contributed by atoms with E-state index in [-0.39, 0.29) is 18.2 Å². The molecule has 1 aliphatic heterocycles. The van der Waals surface area contributed by atoms with Crippen molar-refractivity contribution in [3.8, 4) is 11.1 Å². The standard InChI is InChI=1S/C33H40N2O6S/c1-23-9-7-8-12-28(23)30-19-25(13-14-29(30)32(36)34-31(33(37)38)15-16-42(3,39)40)20-35-21-26(18-27(35)22-41-2)17-24-10-5-4-6-11-24/h4-14,19,26-27,31H,15-18,20-22H2,1-3H3,(H,34,36)(H,37,38)/t26-,27+,31-/m0/s1. The third-order valence-electron chi connectivity index (χ3n) is 7.87. The maximum Gasteiger partial charge on any atom is 0.326 e. The van der Waals surface area contributed by atoms with Gasteiger partial charge in [0.1, 0.15) is 15.9 Å². The number of sulfone groups is 1. The summed E-state index contributed by atoms with van der Waals surface area (Å²) in [5.41, 5.74) is 5.28. The summed E-state index contributed by atoms with van der Waals surface area (Å²) >= 11 is 0. The second-order valence-corrected chi connectivity index (χ2v) is 13.6. The Morgan fingerprint density at radius 3 is 2.40 bits per heavy atom. The van der Waals surface area contributed by atoms with Gasteiger partial charge in [-0.15, -0.1) is 0 Å². The number of aliphatic carboxylic acids is 1. The lowest BCUT2D eigenvalue weighted by atomic mass is 9.93. The van der Waals surface area contributed by atoms with E-state index in [1.807, 2.05) is 49.4 Å². The summed E-state index contributed by atoms with van der Waals surface area (Å²) in [4.78, 5) is 27.7. The van der Waals surface area contributed by atoms with Crippen molar-refractivity contribution < 1.29 is 27.9 Å². The van der Waals surface area contributed by atoms with Crippen molar-refractivity contribution in [3.05, 3.63) is 95.1 Å². The summed E-state index contributed by atoms with van der Waals surface area (Å²) in [6.45, 7) is 4.23. The Hall–Kier alpha value is -3.53. The first-order valence-electron chi connectivity index (χ1n) is 14.2. The van der Waals surface area contributed by atoms with Gasteiger partial charge >= 0.3 is 5.97 Å². The van der Waals surface area contributed by atoms with Crippen LogP contribution in [-0.4, -0.2) is 74.7 Å².